The van der Waals surface area contributed by atoms with E-state index in [9.17, 15) is 4.79 Å². The van der Waals surface area contributed by atoms with Crippen LogP contribution < -0.4 is 0 Å². The number of aromatic nitrogens is 3. The van der Waals surface area contributed by atoms with Gasteiger partial charge < -0.3 is 0 Å². The zero-order valence-electron chi connectivity index (χ0n) is 20.4. The highest BCUT2D eigenvalue weighted by Gasteiger charge is 2.10. The van der Waals surface area contributed by atoms with Crippen molar-refractivity contribution in [3.63, 3.8) is 0 Å². The first-order valence-corrected chi connectivity index (χ1v) is 13.3. The summed E-state index contributed by atoms with van der Waals surface area (Å²) in [6.45, 7) is 2.27. The summed E-state index contributed by atoms with van der Waals surface area (Å²) in [5.41, 5.74) is 1.60. The van der Waals surface area contributed by atoms with Crippen LogP contribution in [0.4, 0.5) is 0 Å². The van der Waals surface area contributed by atoms with Crippen LogP contribution in [0.15, 0.2) is 36.4 Å². The van der Waals surface area contributed by atoms with Crippen LogP contribution in [0.2, 0.25) is 0 Å². The van der Waals surface area contributed by atoms with E-state index in [4.69, 9.17) is 0 Å². The lowest BCUT2D eigenvalue weighted by Crippen LogP contribution is -2.12. The molecule has 4 nitrogen and oxygen atoms in total. The second-order valence-corrected chi connectivity index (χ2v) is 9.13. The Morgan fingerprint density at radius 1 is 0.750 bits per heavy atom. The van der Waals surface area contributed by atoms with Crippen molar-refractivity contribution in [2.75, 3.05) is 0 Å². The number of para-hydroxylation sites is 1. The molecule has 0 bridgehead atoms. The van der Waals surface area contributed by atoms with Crippen LogP contribution >= 0.6 is 0 Å². The van der Waals surface area contributed by atoms with Crippen molar-refractivity contribution >= 4 is 16.9 Å². The van der Waals surface area contributed by atoms with Gasteiger partial charge in [0.05, 0.1) is 5.52 Å². The number of hydrogen-bond acceptors (Lipinski definition) is 3. The topological polar surface area (TPSA) is 47.8 Å². The summed E-state index contributed by atoms with van der Waals surface area (Å²) >= 11 is 0. The fourth-order valence-corrected chi connectivity index (χ4v) is 4.21. The predicted octanol–water partition coefficient (Wildman–Crippen LogP) is 8.67. The van der Waals surface area contributed by atoms with Crippen LogP contribution in [0.25, 0.3) is 11.0 Å². The molecule has 0 atom stereocenters. The summed E-state index contributed by atoms with van der Waals surface area (Å²) < 4.78 is 1.46. The molecule has 178 valence electrons. The predicted molar refractivity (Wildman–Crippen MR) is 136 cm³/mol. The lowest BCUT2D eigenvalue weighted by Gasteiger charge is -2.03. The van der Waals surface area contributed by atoms with Crippen molar-refractivity contribution in [3.05, 3.63) is 36.4 Å². The molecular weight excluding hydrogens is 394 g/mol. The molecule has 4 heteroatoms. The second kappa shape index (κ2) is 17.6. The van der Waals surface area contributed by atoms with Crippen molar-refractivity contribution < 1.29 is 4.79 Å². The minimum absolute atomic E-state index is 0.0566. The van der Waals surface area contributed by atoms with E-state index in [1.165, 1.54) is 101 Å². The molecule has 0 aliphatic heterocycles. The Morgan fingerprint density at radius 3 is 1.91 bits per heavy atom. The Labute approximate surface area is 195 Å². The van der Waals surface area contributed by atoms with Crippen LogP contribution in [0.1, 0.15) is 127 Å². The smallest absolute Gasteiger partial charge is 0.248 e. The number of fused-ring (bicyclic) bond motifs is 1. The standard InChI is InChI=1S/C28H45N3O/c1-2-3-4-5-6-7-8-9-10-11-12-13-14-15-16-17-18-19-20-25-28(32)31-27-24-22-21-23-26(27)29-30-31/h7-8,21-24H,2-6,9-20,25H2,1H3/b8-7+. The van der Waals surface area contributed by atoms with Gasteiger partial charge in [-0.3, -0.25) is 4.79 Å². The number of unbranched alkanes of at least 4 members (excludes halogenated alkanes) is 15. The van der Waals surface area contributed by atoms with Crippen molar-refractivity contribution in [3.8, 4) is 0 Å². The highest BCUT2D eigenvalue weighted by atomic mass is 16.2. The van der Waals surface area contributed by atoms with E-state index < -0.39 is 0 Å². The molecule has 32 heavy (non-hydrogen) atoms. The first-order valence-electron chi connectivity index (χ1n) is 13.3. The molecule has 0 radical (unpaired) electrons. The van der Waals surface area contributed by atoms with Crippen molar-refractivity contribution in [1.82, 2.24) is 15.0 Å². The Hall–Kier alpha value is -1.97. The van der Waals surface area contributed by atoms with Gasteiger partial charge in [0.15, 0.2) is 0 Å². The number of carbonyl (C=O) groups is 1. The summed E-state index contributed by atoms with van der Waals surface area (Å²) in [6, 6.07) is 7.63. The zero-order valence-corrected chi connectivity index (χ0v) is 20.4. The summed E-state index contributed by atoms with van der Waals surface area (Å²) in [6.07, 6.45) is 27.6. The summed E-state index contributed by atoms with van der Waals surface area (Å²) in [5.74, 6) is 0.0566. The molecule has 0 spiro atoms. The van der Waals surface area contributed by atoms with Gasteiger partial charge in [0.1, 0.15) is 5.52 Å². The highest BCUT2D eigenvalue weighted by molar-refractivity contribution is 5.88. The van der Waals surface area contributed by atoms with Gasteiger partial charge in [0.2, 0.25) is 5.91 Å². The third-order valence-corrected chi connectivity index (χ3v) is 6.24. The largest absolute Gasteiger partial charge is 0.273 e. The van der Waals surface area contributed by atoms with E-state index in [0.717, 1.165) is 23.9 Å². The Bertz CT molecular complexity index is 765. The van der Waals surface area contributed by atoms with Gasteiger partial charge in [-0.2, -0.15) is 4.68 Å². The van der Waals surface area contributed by atoms with Crippen LogP contribution in [0, 0.1) is 0 Å². The van der Waals surface area contributed by atoms with Crippen LogP contribution in [0.5, 0.6) is 0 Å². The van der Waals surface area contributed by atoms with Gasteiger partial charge in [-0.05, 0) is 44.2 Å². The molecule has 2 aromatic rings. The summed E-state index contributed by atoms with van der Waals surface area (Å²) in [4.78, 5) is 12.4. The molecule has 0 aliphatic rings. The minimum atomic E-state index is 0.0566. The summed E-state index contributed by atoms with van der Waals surface area (Å²) in [7, 11) is 0. The van der Waals surface area contributed by atoms with Gasteiger partial charge in [-0.15, -0.1) is 5.10 Å². The van der Waals surface area contributed by atoms with Gasteiger partial charge in [-0.25, -0.2) is 0 Å². The first kappa shape index (κ1) is 26.3. The Morgan fingerprint density at radius 2 is 1.28 bits per heavy atom. The third-order valence-electron chi connectivity index (χ3n) is 6.24. The highest BCUT2D eigenvalue weighted by Crippen LogP contribution is 2.14. The molecule has 1 aromatic heterocycles. The number of carbonyl (C=O) groups excluding carboxylic acids is 1. The lowest BCUT2D eigenvalue weighted by molar-refractivity contribution is 0.0886. The molecule has 1 aromatic carbocycles. The third kappa shape index (κ3) is 11.1. The number of nitrogens with zero attached hydrogens (tertiary/aromatic N) is 3. The SMILES string of the molecule is CCCCCC/C=C/CCCCCCCCCCCCCC(=O)n1nnc2ccccc21. The van der Waals surface area contributed by atoms with E-state index in [2.05, 4.69) is 29.4 Å². The minimum Gasteiger partial charge on any atom is -0.273 e. The number of benzene rings is 1. The van der Waals surface area contributed by atoms with Gasteiger partial charge >= 0.3 is 0 Å². The van der Waals surface area contributed by atoms with Crippen LogP contribution in [0.3, 0.4) is 0 Å². The second-order valence-electron chi connectivity index (χ2n) is 9.13. The van der Waals surface area contributed by atoms with Crippen molar-refractivity contribution in [2.45, 2.75) is 122 Å². The maximum atomic E-state index is 12.4. The Kier molecular flexibility index (Phi) is 14.4. The van der Waals surface area contributed by atoms with E-state index in [1.54, 1.807) is 0 Å². The Balaban J connectivity index is 1.33. The van der Waals surface area contributed by atoms with Gasteiger partial charge in [0.25, 0.3) is 0 Å². The average molecular weight is 440 g/mol. The molecule has 1 heterocycles. The normalized spacial score (nSPS) is 11.7. The van der Waals surface area contributed by atoms with Gasteiger partial charge in [0, 0.05) is 6.42 Å². The number of rotatable bonds is 19. The molecule has 0 saturated heterocycles. The molecule has 0 N–H and O–H groups in total. The number of hydrogen-bond donors (Lipinski definition) is 0. The molecule has 0 unspecified atom stereocenters. The summed E-state index contributed by atoms with van der Waals surface area (Å²) in [5, 5.41) is 8.07. The van der Waals surface area contributed by atoms with Crippen LogP contribution in [-0.2, 0) is 0 Å². The van der Waals surface area contributed by atoms with Crippen molar-refractivity contribution in [1.29, 1.82) is 0 Å². The number of allylic oxidation sites excluding steroid dienone is 2. The van der Waals surface area contributed by atoms with E-state index in [-0.39, 0.29) is 5.91 Å². The quantitative estimate of drug-likeness (QED) is 0.162. The van der Waals surface area contributed by atoms with Gasteiger partial charge in [-0.1, -0.05) is 113 Å². The molecule has 0 fully saturated rings. The van der Waals surface area contributed by atoms with E-state index in [0.29, 0.717) is 6.42 Å². The maximum absolute atomic E-state index is 12.4. The van der Waals surface area contributed by atoms with E-state index >= 15 is 0 Å². The monoisotopic (exact) mass is 439 g/mol. The van der Waals surface area contributed by atoms with Crippen LogP contribution in [-0.4, -0.2) is 20.9 Å². The fourth-order valence-electron chi connectivity index (χ4n) is 4.21. The molecule has 2 rings (SSSR count). The first-order chi connectivity index (χ1) is 15.8. The fraction of sp³-hybridized carbons (Fsp3) is 0.679. The van der Waals surface area contributed by atoms with Crippen molar-refractivity contribution in [2.24, 2.45) is 0 Å². The van der Waals surface area contributed by atoms with E-state index in [1.807, 2.05) is 24.3 Å². The molecule has 0 saturated carbocycles. The molecule has 0 aliphatic carbocycles. The molecule has 0 amide bonds. The molecular formula is C28H45N3O. The lowest BCUT2D eigenvalue weighted by atomic mass is 10.0. The maximum Gasteiger partial charge on any atom is 0.248 e. The average Bonchev–Trinajstić information content (AvgIpc) is 3.25. The zero-order chi connectivity index (χ0) is 22.7.